The van der Waals surface area contributed by atoms with Gasteiger partial charge in [0.05, 0.1) is 18.2 Å². The quantitative estimate of drug-likeness (QED) is 0.883. The summed E-state index contributed by atoms with van der Waals surface area (Å²) in [6.45, 7) is 3.28. The highest BCUT2D eigenvalue weighted by molar-refractivity contribution is 7.07. The highest BCUT2D eigenvalue weighted by Gasteiger charge is 2.49. The Morgan fingerprint density at radius 3 is 2.94 bits per heavy atom. The second kappa shape index (κ2) is 4.33. The Hall–Kier alpha value is -0.910. The fraction of sp³-hybridized carbons (Fsp3) is 0.615. The maximum atomic E-state index is 12.3. The standard InChI is InChI=1S/C13H18N2O2S/c1-9-6-15(12(16)13(14)3-4-13)7-11(17-9)10-2-5-18-8-10/h2,5,8-9,11H,3-4,6-7,14H2,1H3/t9-,11+/m0/s1. The van der Waals surface area contributed by atoms with Crippen LogP contribution in [0, 0.1) is 0 Å². The van der Waals surface area contributed by atoms with Crippen LogP contribution in [0.5, 0.6) is 0 Å². The van der Waals surface area contributed by atoms with Crippen molar-refractivity contribution in [3.05, 3.63) is 22.4 Å². The lowest BCUT2D eigenvalue weighted by atomic mass is 10.1. The first-order valence-corrected chi connectivity index (χ1v) is 7.28. The third kappa shape index (κ3) is 2.18. The van der Waals surface area contributed by atoms with Crippen LogP contribution < -0.4 is 5.73 Å². The number of morpholine rings is 1. The number of rotatable bonds is 2. The van der Waals surface area contributed by atoms with Gasteiger partial charge in [0.1, 0.15) is 6.10 Å². The van der Waals surface area contributed by atoms with Crippen LogP contribution in [-0.4, -0.2) is 35.5 Å². The van der Waals surface area contributed by atoms with Crippen LogP contribution >= 0.6 is 11.3 Å². The van der Waals surface area contributed by atoms with Gasteiger partial charge in [0.15, 0.2) is 0 Å². The lowest BCUT2D eigenvalue weighted by Crippen LogP contribution is -2.52. The van der Waals surface area contributed by atoms with Crippen molar-refractivity contribution < 1.29 is 9.53 Å². The smallest absolute Gasteiger partial charge is 0.242 e. The van der Waals surface area contributed by atoms with Crippen molar-refractivity contribution in [1.82, 2.24) is 4.90 Å². The van der Waals surface area contributed by atoms with Crippen LogP contribution in [-0.2, 0) is 9.53 Å². The SMILES string of the molecule is C[C@H]1CN(C(=O)C2(N)CC2)C[C@H](c2ccsc2)O1. The summed E-state index contributed by atoms with van der Waals surface area (Å²) in [5.74, 6) is 0.0953. The summed E-state index contributed by atoms with van der Waals surface area (Å²) >= 11 is 1.65. The second-order valence-electron chi connectivity index (χ2n) is 5.36. The first-order chi connectivity index (χ1) is 8.58. The van der Waals surface area contributed by atoms with E-state index in [2.05, 4.69) is 11.4 Å². The van der Waals surface area contributed by atoms with Gasteiger partial charge in [-0.2, -0.15) is 11.3 Å². The van der Waals surface area contributed by atoms with E-state index in [9.17, 15) is 4.79 Å². The summed E-state index contributed by atoms with van der Waals surface area (Å²) < 4.78 is 5.92. The molecule has 1 amide bonds. The first-order valence-electron chi connectivity index (χ1n) is 6.34. The molecule has 2 heterocycles. The molecule has 0 aromatic carbocycles. The molecule has 98 valence electrons. The highest BCUT2D eigenvalue weighted by Crippen LogP contribution is 2.36. The molecule has 1 aromatic heterocycles. The summed E-state index contributed by atoms with van der Waals surface area (Å²) in [6.07, 6.45) is 1.70. The summed E-state index contributed by atoms with van der Waals surface area (Å²) in [6, 6.07) is 2.06. The topological polar surface area (TPSA) is 55.6 Å². The maximum Gasteiger partial charge on any atom is 0.242 e. The van der Waals surface area contributed by atoms with E-state index in [0.717, 1.165) is 18.4 Å². The predicted octanol–water partition coefficient (Wildman–Crippen LogP) is 1.53. The fourth-order valence-electron chi connectivity index (χ4n) is 2.42. The third-order valence-electron chi connectivity index (χ3n) is 3.68. The summed E-state index contributed by atoms with van der Waals surface area (Å²) in [4.78, 5) is 14.2. The number of nitrogens with zero attached hydrogens (tertiary/aromatic N) is 1. The lowest BCUT2D eigenvalue weighted by molar-refractivity contribution is -0.147. The van der Waals surface area contributed by atoms with Gasteiger partial charge in [0.2, 0.25) is 5.91 Å². The number of hydrogen-bond donors (Lipinski definition) is 1. The number of nitrogens with two attached hydrogens (primary N) is 1. The molecule has 0 unspecified atom stereocenters. The molecule has 1 aliphatic heterocycles. The molecule has 1 aliphatic carbocycles. The van der Waals surface area contributed by atoms with Crippen LogP contribution in [0.1, 0.15) is 31.4 Å². The minimum absolute atomic E-state index is 0.00806. The Balaban J connectivity index is 1.74. The minimum Gasteiger partial charge on any atom is -0.367 e. The Labute approximate surface area is 111 Å². The highest BCUT2D eigenvalue weighted by atomic mass is 32.1. The Kier molecular flexibility index (Phi) is 2.92. The average molecular weight is 266 g/mol. The molecule has 1 aromatic rings. The molecule has 2 aliphatic rings. The van der Waals surface area contributed by atoms with Gasteiger partial charge in [-0.15, -0.1) is 0 Å². The van der Waals surface area contributed by atoms with Gasteiger partial charge in [0.25, 0.3) is 0 Å². The van der Waals surface area contributed by atoms with Gasteiger partial charge >= 0.3 is 0 Å². The first kappa shape index (κ1) is 12.1. The molecule has 1 saturated heterocycles. The maximum absolute atomic E-state index is 12.3. The van der Waals surface area contributed by atoms with Crippen LogP contribution in [0.4, 0.5) is 0 Å². The molecular formula is C13H18N2O2S. The predicted molar refractivity (Wildman–Crippen MR) is 70.3 cm³/mol. The van der Waals surface area contributed by atoms with Gasteiger partial charge < -0.3 is 15.4 Å². The van der Waals surface area contributed by atoms with Crippen molar-refractivity contribution in [3.8, 4) is 0 Å². The Morgan fingerprint density at radius 1 is 1.56 bits per heavy atom. The Morgan fingerprint density at radius 2 is 2.33 bits per heavy atom. The zero-order valence-corrected chi connectivity index (χ0v) is 11.3. The zero-order chi connectivity index (χ0) is 12.8. The van der Waals surface area contributed by atoms with E-state index in [-0.39, 0.29) is 18.1 Å². The molecule has 1 saturated carbocycles. The summed E-state index contributed by atoms with van der Waals surface area (Å²) in [5, 5.41) is 4.12. The molecule has 0 bridgehead atoms. The van der Waals surface area contributed by atoms with Gasteiger partial charge in [-0.1, -0.05) is 0 Å². The van der Waals surface area contributed by atoms with E-state index >= 15 is 0 Å². The monoisotopic (exact) mass is 266 g/mol. The average Bonchev–Trinajstić information content (AvgIpc) is 2.91. The van der Waals surface area contributed by atoms with E-state index in [1.54, 1.807) is 11.3 Å². The third-order valence-corrected chi connectivity index (χ3v) is 4.38. The normalized spacial score (nSPS) is 30.2. The molecule has 0 radical (unpaired) electrons. The number of ether oxygens (including phenoxy) is 1. The van der Waals surface area contributed by atoms with Gasteiger partial charge in [-0.25, -0.2) is 0 Å². The van der Waals surface area contributed by atoms with Crippen LogP contribution in [0.2, 0.25) is 0 Å². The largest absolute Gasteiger partial charge is 0.367 e. The molecule has 2 fully saturated rings. The molecule has 2 atom stereocenters. The fourth-order valence-corrected chi connectivity index (χ4v) is 3.12. The number of hydrogen-bond acceptors (Lipinski definition) is 4. The van der Waals surface area contributed by atoms with Crippen LogP contribution in [0.3, 0.4) is 0 Å². The molecule has 4 nitrogen and oxygen atoms in total. The van der Waals surface area contributed by atoms with Gasteiger partial charge in [-0.05, 0) is 42.2 Å². The molecular weight excluding hydrogens is 248 g/mol. The molecule has 2 N–H and O–H groups in total. The number of carbonyl (C=O) groups is 1. The van der Waals surface area contributed by atoms with E-state index in [0.29, 0.717) is 13.1 Å². The summed E-state index contributed by atoms with van der Waals surface area (Å²) in [7, 11) is 0. The zero-order valence-electron chi connectivity index (χ0n) is 10.5. The van der Waals surface area contributed by atoms with Gasteiger partial charge in [0, 0.05) is 6.54 Å². The van der Waals surface area contributed by atoms with Crippen molar-refractivity contribution in [2.45, 2.75) is 37.5 Å². The van der Waals surface area contributed by atoms with Crippen molar-refractivity contribution in [1.29, 1.82) is 0 Å². The van der Waals surface area contributed by atoms with Crippen molar-refractivity contribution in [3.63, 3.8) is 0 Å². The van der Waals surface area contributed by atoms with Gasteiger partial charge in [-0.3, -0.25) is 4.79 Å². The number of carbonyl (C=O) groups excluding carboxylic acids is 1. The number of amides is 1. The molecule has 18 heavy (non-hydrogen) atoms. The van der Waals surface area contributed by atoms with Crippen molar-refractivity contribution in [2.75, 3.05) is 13.1 Å². The molecule has 3 rings (SSSR count). The minimum atomic E-state index is -0.573. The summed E-state index contributed by atoms with van der Waals surface area (Å²) in [5.41, 5.74) is 6.59. The van der Waals surface area contributed by atoms with Crippen LogP contribution in [0.25, 0.3) is 0 Å². The van der Waals surface area contributed by atoms with E-state index < -0.39 is 5.54 Å². The van der Waals surface area contributed by atoms with Crippen molar-refractivity contribution >= 4 is 17.2 Å². The molecule has 0 spiro atoms. The van der Waals surface area contributed by atoms with Crippen LogP contribution in [0.15, 0.2) is 16.8 Å². The van der Waals surface area contributed by atoms with E-state index in [1.807, 2.05) is 17.2 Å². The number of thiophene rings is 1. The van der Waals surface area contributed by atoms with E-state index in [1.165, 1.54) is 0 Å². The second-order valence-corrected chi connectivity index (χ2v) is 6.14. The lowest BCUT2D eigenvalue weighted by Gasteiger charge is -2.37. The Bertz CT molecular complexity index is 442. The van der Waals surface area contributed by atoms with Crippen molar-refractivity contribution in [2.24, 2.45) is 5.73 Å². The van der Waals surface area contributed by atoms with E-state index in [4.69, 9.17) is 10.5 Å². The molecule has 5 heteroatoms.